The maximum absolute atomic E-state index is 12.6. The van der Waals surface area contributed by atoms with Gasteiger partial charge in [-0.25, -0.2) is 0 Å². The van der Waals surface area contributed by atoms with Gasteiger partial charge in [0.2, 0.25) is 0 Å². The van der Waals surface area contributed by atoms with Crippen LogP contribution in [-0.4, -0.2) is 22.6 Å². The van der Waals surface area contributed by atoms with Crippen molar-refractivity contribution in [2.24, 2.45) is 0 Å². The monoisotopic (exact) mass is 435 g/mol. The summed E-state index contributed by atoms with van der Waals surface area (Å²) >= 11 is 14.7. The van der Waals surface area contributed by atoms with Gasteiger partial charge in [0.1, 0.15) is 5.70 Å². The second kappa shape index (κ2) is 7.56. The van der Waals surface area contributed by atoms with Crippen LogP contribution in [0.3, 0.4) is 0 Å². The number of aryl methyl sites for hydroxylation is 1. The fraction of sp³-hybridized carbons (Fsp3) is 0.111. The third-order valence-corrected chi connectivity index (χ3v) is 4.86. The van der Waals surface area contributed by atoms with Crippen LogP contribution >= 0.6 is 39.7 Å². The van der Waals surface area contributed by atoms with Gasteiger partial charge in [-0.15, -0.1) is 0 Å². The van der Waals surface area contributed by atoms with Crippen molar-refractivity contribution in [2.45, 2.75) is 6.92 Å². The molecule has 0 spiro atoms. The van der Waals surface area contributed by atoms with Crippen LogP contribution in [0.4, 0.5) is 5.69 Å². The van der Waals surface area contributed by atoms with E-state index in [4.69, 9.17) is 23.8 Å². The summed E-state index contributed by atoms with van der Waals surface area (Å²) in [4.78, 5) is 14.1. The minimum atomic E-state index is -0.167. The molecule has 2 aromatic carbocycles. The van der Waals surface area contributed by atoms with E-state index in [0.717, 1.165) is 21.3 Å². The summed E-state index contributed by atoms with van der Waals surface area (Å²) in [6.45, 7) is 2.24. The predicted molar refractivity (Wildman–Crippen MR) is 109 cm³/mol. The lowest BCUT2D eigenvalue weighted by atomic mass is 10.2. The molecule has 0 aromatic heterocycles. The molecule has 3 rings (SSSR count). The average Bonchev–Trinajstić information content (AvgIpc) is 2.84. The fourth-order valence-electron chi connectivity index (χ4n) is 2.39. The molecule has 7 heteroatoms. The molecule has 0 aliphatic carbocycles. The molecular weight excluding hydrogens is 422 g/mol. The Morgan fingerprint density at radius 2 is 2.00 bits per heavy atom. The molecule has 2 N–H and O–H groups in total. The van der Waals surface area contributed by atoms with Gasteiger partial charge in [-0.1, -0.05) is 45.7 Å². The van der Waals surface area contributed by atoms with Crippen molar-refractivity contribution < 1.29 is 4.79 Å². The van der Waals surface area contributed by atoms with E-state index in [1.165, 1.54) is 4.90 Å². The number of anilines is 1. The largest absolute Gasteiger partial charge is 0.367 e. The molecule has 0 bridgehead atoms. The Morgan fingerprint density at radius 1 is 1.28 bits per heavy atom. The van der Waals surface area contributed by atoms with Gasteiger partial charge in [0.25, 0.3) is 5.91 Å². The van der Waals surface area contributed by atoms with Gasteiger partial charge >= 0.3 is 0 Å². The first-order valence-corrected chi connectivity index (χ1v) is 9.12. The molecule has 0 radical (unpaired) electrons. The van der Waals surface area contributed by atoms with Gasteiger partial charge in [0.15, 0.2) is 5.11 Å². The second-order valence-electron chi connectivity index (χ2n) is 5.57. The van der Waals surface area contributed by atoms with E-state index in [1.54, 1.807) is 6.08 Å². The van der Waals surface area contributed by atoms with E-state index >= 15 is 0 Å². The number of thiocarbonyl (C=S) groups is 1. The van der Waals surface area contributed by atoms with Crippen LogP contribution in [0.15, 0.2) is 52.6 Å². The maximum atomic E-state index is 12.6. The first kappa shape index (κ1) is 17.9. The molecule has 4 nitrogen and oxygen atoms in total. The highest BCUT2D eigenvalue weighted by molar-refractivity contribution is 9.10. The van der Waals surface area contributed by atoms with E-state index in [9.17, 15) is 4.79 Å². The van der Waals surface area contributed by atoms with Gasteiger partial charge in [-0.3, -0.25) is 9.69 Å². The Kier molecular flexibility index (Phi) is 5.42. The number of nitrogens with one attached hydrogen (secondary N) is 2. The number of nitrogens with zero attached hydrogens (tertiary/aromatic N) is 1. The predicted octanol–water partition coefficient (Wildman–Crippen LogP) is 4.54. The Bertz CT molecular complexity index is 867. The third-order valence-electron chi connectivity index (χ3n) is 3.77. The highest BCUT2D eigenvalue weighted by Gasteiger charge is 2.30. The number of hydrogen-bond acceptors (Lipinski definition) is 3. The van der Waals surface area contributed by atoms with Gasteiger partial charge in [0.05, 0.1) is 6.67 Å². The first-order valence-electron chi connectivity index (χ1n) is 7.54. The van der Waals surface area contributed by atoms with Crippen LogP contribution in [0, 0.1) is 6.92 Å². The van der Waals surface area contributed by atoms with Crippen LogP contribution in [0.2, 0.25) is 5.02 Å². The van der Waals surface area contributed by atoms with E-state index < -0.39 is 0 Å². The van der Waals surface area contributed by atoms with Crippen LogP contribution < -0.4 is 10.6 Å². The van der Waals surface area contributed by atoms with E-state index in [-0.39, 0.29) is 12.6 Å². The third kappa shape index (κ3) is 4.21. The highest BCUT2D eigenvalue weighted by Crippen LogP contribution is 2.21. The van der Waals surface area contributed by atoms with Crippen molar-refractivity contribution in [3.8, 4) is 0 Å². The van der Waals surface area contributed by atoms with E-state index in [2.05, 4.69) is 26.6 Å². The molecule has 1 amide bonds. The minimum absolute atomic E-state index is 0.167. The Labute approximate surface area is 165 Å². The number of carbonyl (C=O) groups is 1. The lowest BCUT2D eigenvalue weighted by molar-refractivity contribution is -0.122. The molecule has 2 aromatic rings. The summed E-state index contributed by atoms with van der Waals surface area (Å²) in [7, 11) is 0. The summed E-state index contributed by atoms with van der Waals surface area (Å²) < 4.78 is 0.985. The molecule has 128 valence electrons. The van der Waals surface area contributed by atoms with Gasteiger partial charge < -0.3 is 10.6 Å². The summed E-state index contributed by atoms with van der Waals surface area (Å²) in [6.07, 6.45) is 1.78. The lowest BCUT2D eigenvalue weighted by Gasteiger charge is -2.17. The molecule has 1 fully saturated rings. The molecule has 0 unspecified atom stereocenters. The van der Waals surface area contributed by atoms with Crippen LogP contribution in [0.1, 0.15) is 11.1 Å². The zero-order valence-corrected chi connectivity index (χ0v) is 16.5. The molecular formula is C18H15BrClN3OS. The first-order chi connectivity index (χ1) is 11.9. The van der Waals surface area contributed by atoms with Gasteiger partial charge in [0, 0.05) is 15.2 Å². The lowest BCUT2D eigenvalue weighted by Crippen LogP contribution is -2.35. The van der Waals surface area contributed by atoms with Gasteiger partial charge in [-0.05, 0) is 60.6 Å². The minimum Gasteiger partial charge on any atom is -0.367 e. The van der Waals surface area contributed by atoms with Crippen molar-refractivity contribution in [3.05, 3.63) is 68.8 Å². The summed E-state index contributed by atoms with van der Waals surface area (Å²) in [6, 6.07) is 13.3. The topological polar surface area (TPSA) is 44.4 Å². The zero-order valence-electron chi connectivity index (χ0n) is 13.3. The van der Waals surface area contributed by atoms with Crippen molar-refractivity contribution in [2.75, 3.05) is 12.0 Å². The maximum Gasteiger partial charge on any atom is 0.278 e. The number of benzene rings is 2. The van der Waals surface area contributed by atoms with Crippen LogP contribution in [0.25, 0.3) is 6.08 Å². The molecule has 25 heavy (non-hydrogen) atoms. The summed E-state index contributed by atoms with van der Waals surface area (Å²) in [5, 5.41) is 7.19. The Balaban J connectivity index is 1.73. The SMILES string of the molecule is Cc1ccc(Cl)cc1NCN1C(=O)/C(=C/c2ccc(Br)cc2)NC1=S. The van der Waals surface area contributed by atoms with Crippen molar-refractivity contribution >= 4 is 62.5 Å². The second-order valence-corrected chi connectivity index (χ2v) is 7.31. The fourth-order valence-corrected chi connectivity index (χ4v) is 3.08. The number of hydrogen-bond donors (Lipinski definition) is 2. The smallest absolute Gasteiger partial charge is 0.278 e. The number of halogens is 2. The molecule has 1 saturated heterocycles. The van der Waals surface area contributed by atoms with Crippen LogP contribution in [-0.2, 0) is 4.79 Å². The van der Waals surface area contributed by atoms with E-state index in [1.807, 2.05) is 49.4 Å². The average molecular weight is 437 g/mol. The summed E-state index contributed by atoms with van der Waals surface area (Å²) in [5.41, 5.74) is 3.29. The van der Waals surface area contributed by atoms with Crippen LogP contribution in [0.5, 0.6) is 0 Å². The van der Waals surface area contributed by atoms with Crippen molar-refractivity contribution in [1.29, 1.82) is 0 Å². The zero-order chi connectivity index (χ0) is 18.0. The Morgan fingerprint density at radius 3 is 2.72 bits per heavy atom. The molecule has 0 saturated carbocycles. The molecule has 1 heterocycles. The quantitative estimate of drug-likeness (QED) is 0.546. The molecule has 0 atom stereocenters. The van der Waals surface area contributed by atoms with Crippen molar-refractivity contribution in [1.82, 2.24) is 10.2 Å². The Hall–Kier alpha value is -1.89. The molecule has 1 aliphatic heterocycles. The number of rotatable bonds is 4. The van der Waals surface area contributed by atoms with Gasteiger partial charge in [-0.2, -0.15) is 0 Å². The standard InChI is InChI=1S/C18H15BrClN3OS/c1-11-2-7-14(20)9-15(11)21-10-23-17(24)16(22-18(23)25)8-12-3-5-13(19)6-4-12/h2-9,21H,10H2,1H3,(H,22,25)/b16-8-. The number of amides is 1. The summed E-state index contributed by atoms with van der Waals surface area (Å²) in [5.74, 6) is -0.167. The van der Waals surface area contributed by atoms with E-state index in [0.29, 0.717) is 15.8 Å². The highest BCUT2D eigenvalue weighted by atomic mass is 79.9. The molecule has 1 aliphatic rings. The van der Waals surface area contributed by atoms with Crippen molar-refractivity contribution in [3.63, 3.8) is 0 Å². The number of carbonyl (C=O) groups excluding carboxylic acids is 1. The normalized spacial score (nSPS) is 15.6.